The molecule has 1 amide bonds. The maximum atomic E-state index is 12.0. The molecule has 0 spiro atoms. The van der Waals surface area contributed by atoms with E-state index in [0.717, 1.165) is 11.4 Å². The van der Waals surface area contributed by atoms with Gasteiger partial charge in [-0.2, -0.15) is 0 Å². The van der Waals surface area contributed by atoms with Gasteiger partial charge in [0.05, 0.1) is 6.54 Å². The minimum atomic E-state index is -0.193. The Morgan fingerprint density at radius 3 is 2.95 bits per heavy atom. The monoisotopic (exact) mass is 276 g/mol. The lowest BCUT2D eigenvalue weighted by molar-refractivity contribution is 0.0950. The number of phenols is 1. The number of thiazole rings is 1. The van der Waals surface area contributed by atoms with Crippen LogP contribution in [0.4, 0.5) is 0 Å². The lowest BCUT2D eigenvalue weighted by atomic mass is 10.1. The van der Waals surface area contributed by atoms with Crippen molar-refractivity contribution in [2.75, 3.05) is 0 Å². The van der Waals surface area contributed by atoms with Crippen molar-refractivity contribution in [2.45, 2.75) is 26.8 Å². The van der Waals surface area contributed by atoms with E-state index in [9.17, 15) is 9.90 Å². The standard InChI is InChI=1S/C14H16N2O2S/c1-3-10-7-15-13(19-10)8-16-14(18)11-5-4-6-12(17)9(11)2/h4-7,17H,3,8H2,1-2H3,(H,16,18). The van der Waals surface area contributed by atoms with Crippen LogP contribution in [0.1, 0.15) is 32.7 Å². The topological polar surface area (TPSA) is 62.2 Å². The molecular formula is C14H16N2O2S. The normalized spacial score (nSPS) is 10.4. The third-order valence-electron chi connectivity index (χ3n) is 2.90. The van der Waals surface area contributed by atoms with E-state index >= 15 is 0 Å². The van der Waals surface area contributed by atoms with Crippen molar-refractivity contribution in [3.05, 3.63) is 45.4 Å². The van der Waals surface area contributed by atoms with E-state index in [1.807, 2.05) is 6.20 Å². The van der Waals surface area contributed by atoms with Gasteiger partial charge in [-0.25, -0.2) is 4.98 Å². The fourth-order valence-corrected chi connectivity index (χ4v) is 2.52. The number of carbonyl (C=O) groups excluding carboxylic acids is 1. The van der Waals surface area contributed by atoms with Crippen molar-refractivity contribution in [3.63, 3.8) is 0 Å². The molecule has 0 fully saturated rings. The highest BCUT2D eigenvalue weighted by Gasteiger charge is 2.11. The molecule has 0 bridgehead atoms. The number of aromatic hydroxyl groups is 1. The quantitative estimate of drug-likeness (QED) is 0.902. The molecule has 100 valence electrons. The second-order valence-corrected chi connectivity index (χ2v) is 5.41. The zero-order chi connectivity index (χ0) is 13.8. The van der Waals surface area contributed by atoms with Crippen LogP contribution in [0.2, 0.25) is 0 Å². The number of aromatic nitrogens is 1. The Hall–Kier alpha value is -1.88. The van der Waals surface area contributed by atoms with Gasteiger partial charge in [0.25, 0.3) is 5.91 Å². The van der Waals surface area contributed by atoms with Gasteiger partial charge in [-0.1, -0.05) is 13.0 Å². The Morgan fingerprint density at radius 1 is 1.47 bits per heavy atom. The number of nitrogens with zero attached hydrogens (tertiary/aromatic N) is 1. The lowest BCUT2D eigenvalue weighted by Gasteiger charge is -2.07. The van der Waals surface area contributed by atoms with Crippen LogP contribution in [-0.4, -0.2) is 16.0 Å². The molecule has 0 radical (unpaired) electrons. The van der Waals surface area contributed by atoms with Crippen LogP contribution in [0.5, 0.6) is 5.75 Å². The summed E-state index contributed by atoms with van der Waals surface area (Å²) in [5.41, 5.74) is 1.08. The van der Waals surface area contributed by atoms with Crippen LogP contribution in [0, 0.1) is 6.92 Å². The summed E-state index contributed by atoms with van der Waals surface area (Å²) >= 11 is 1.60. The third kappa shape index (κ3) is 3.12. The molecule has 2 rings (SSSR count). The first-order valence-electron chi connectivity index (χ1n) is 6.12. The van der Waals surface area contributed by atoms with Crippen molar-refractivity contribution in [1.29, 1.82) is 0 Å². The molecule has 0 atom stereocenters. The highest BCUT2D eigenvalue weighted by molar-refractivity contribution is 7.11. The first-order chi connectivity index (χ1) is 9.11. The van der Waals surface area contributed by atoms with Crippen molar-refractivity contribution in [2.24, 2.45) is 0 Å². The number of carbonyl (C=O) groups is 1. The molecule has 1 heterocycles. The number of rotatable bonds is 4. The van der Waals surface area contributed by atoms with E-state index < -0.39 is 0 Å². The van der Waals surface area contributed by atoms with E-state index in [1.165, 1.54) is 4.88 Å². The number of benzene rings is 1. The Morgan fingerprint density at radius 2 is 2.26 bits per heavy atom. The molecular weight excluding hydrogens is 260 g/mol. The summed E-state index contributed by atoms with van der Waals surface area (Å²) in [7, 11) is 0. The smallest absolute Gasteiger partial charge is 0.252 e. The molecule has 0 aliphatic heterocycles. The van der Waals surface area contributed by atoms with E-state index in [-0.39, 0.29) is 11.7 Å². The maximum absolute atomic E-state index is 12.0. The molecule has 0 aliphatic rings. The Balaban J connectivity index is 2.03. The fourth-order valence-electron chi connectivity index (χ4n) is 1.71. The minimum Gasteiger partial charge on any atom is -0.508 e. The fraction of sp³-hybridized carbons (Fsp3) is 0.286. The molecule has 2 N–H and O–H groups in total. The van der Waals surface area contributed by atoms with Gasteiger partial charge >= 0.3 is 0 Å². The van der Waals surface area contributed by atoms with Gasteiger partial charge in [-0.3, -0.25) is 4.79 Å². The highest BCUT2D eigenvalue weighted by atomic mass is 32.1. The van der Waals surface area contributed by atoms with E-state index in [1.54, 1.807) is 36.5 Å². The summed E-state index contributed by atoms with van der Waals surface area (Å²) in [5, 5.41) is 13.3. The summed E-state index contributed by atoms with van der Waals surface area (Å²) in [6.07, 6.45) is 2.79. The largest absolute Gasteiger partial charge is 0.508 e. The third-order valence-corrected chi connectivity index (χ3v) is 4.04. The summed E-state index contributed by atoms with van der Waals surface area (Å²) in [4.78, 5) is 17.5. The number of hydrogen-bond acceptors (Lipinski definition) is 4. The first-order valence-corrected chi connectivity index (χ1v) is 6.93. The van der Waals surface area contributed by atoms with Crippen LogP contribution < -0.4 is 5.32 Å². The Kier molecular flexibility index (Phi) is 4.16. The zero-order valence-corrected chi connectivity index (χ0v) is 11.8. The predicted molar refractivity (Wildman–Crippen MR) is 75.5 cm³/mol. The molecule has 0 unspecified atom stereocenters. The van der Waals surface area contributed by atoms with Gasteiger partial charge in [0, 0.05) is 22.2 Å². The zero-order valence-electron chi connectivity index (χ0n) is 10.9. The molecule has 2 aromatic rings. The van der Waals surface area contributed by atoms with Gasteiger partial charge in [0.2, 0.25) is 0 Å². The van der Waals surface area contributed by atoms with Crippen molar-refractivity contribution in [3.8, 4) is 5.75 Å². The maximum Gasteiger partial charge on any atom is 0.252 e. The van der Waals surface area contributed by atoms with E-state index in [0.29, 0.717) is 17.7 Å². The highest BCUT2D eigenvalue weighted by Crippen LogP contribution is 2.19. The first kappa shape index (κ1) is 13.5. The van der Waals surface area contributed by atoms with Crippen LogP contribution in [0.25, 0.3) is 0 Å². The van der Waals surface area contributed by atoms with Crippen molar-refractivity contribution >= 4 is 17.2 Å². The van der Waals surface area contributed by atoms with Crippen LogP contribution in [0.3, 0.4) is 0 Å². The van der Waals surface area contributed by atoms with Crippen LogP contribution in [0.15, 0.2) is 24.4 Å². The van der Waals surface area contributed by atoms with Crippen molar-refractivity contribution in [1.82, 2.24) is 10.3 Å². The van der Waals surface area contributed by atoms with Crippen LogP contribution >= 0.6 is 11.3 Å². The SMILES string of the molecule is CCc1cnc(CNC(=O)c2cccc(O)c2C)s1. The summed E-state index contributed by atoms with van der Waals surface area (Å²) < 4.78 is 0. The van der Waals surface area contributed by atoms with Gasteiger partial charge in [-0.05, 0) is 25.5 Å². The van der Waals surface area contributed by atoms with Gasteiger partial charge in [0.1, 0.15) is 10.8 Å². The minimum absolute atomic E-state index is 0.134. The molecule has 0 aliphatic carbocycles. The van der Waals surface area contributed by atoms with Gasteiger partial charge in [-0.15, -0.1) is 11.3 Å². The summed E-state index contributed by atoms with van der Waals surface area (Å²) in [6.45, 7) is 4.22. The number of amides is 1. The average Bonchev–Trinajstić information content (AvgIpc) is 2.87. The molecule has 0 saturated heterocycles. The predicted octanol–water partition coefficient (Wildman–Crippen LogP) is 2.65. The molecule has 4 nitrogen and oxygen atoms in total. The summed E-state index contributed by atoms with van der Waals surface area (Å²) in [6, 6.07) is 4.93. The van der Waals surface area contributed by atoms with E-state index in [2.05, 4.69) is 17.2 Å². The number of nitrogens with one attached hydrogen (secondary N) is 1. The van der Waals surface area contributed by atoms with E-state index in [4.69, 9.17) is 0 Å². The number of phenolic OH excluding ortho intramolecular Hbond substituents is 1. The van der Waals surface area contributed by atoms with Crippen LogP contribution in [-0.2, 0) is 13.0 Å². The Labute approximate surface area is 116 Å². The second-order valence-electron chi connectivity index (χ2n) is 4.21. The lowest BCUT2D eigenvalue weighted by Crippen LogP contribution is -2.23. The van der Waals surface area contributed by atoms with Crippen molar-refractivity contribution < 1.29 is 9.90 Å². The molecule has 5 heteroatoms. The second kappa shape index (κ2) is 5.84. The Bertz CT molecular complexity index is 593. The molecule has 1 aromatic heterocycles. The number of aryl methyl sites for hydroxylation is 1. The summed E-state index contributed by atoms with van der Waals surface area (Å²) in [5.74, 6) is -0.0585. The molecule has 1 aromatic carbocycles. The van der Waals surface area contributed by atoms with Gasteiger partial charge < -0.3 is 10.4 Å². The molecule has 19 heavy (non-hydrogen) atoms. The molecule has 0 saturated carbocycles. The number of hydrogen-bond donors (Lipinski definition) is 2. The van der Waals surface area contributed by atoms with Gasteiger partial charge in [0.15, 0.2) is 0 Å². The average molecular weight is 276 g/mol.